The first-order valence-corrected chi connectivity index (χ1v) is 8.45. The van der Waals surface area contributed by atoms with Gasteiger partial charge in [0.05, 0.1) is 0 Å². The largest absolute Gasteiger partial charge is 0.433 e. The monoisotopic (exact) mass is 357 g/mol. The second-order valence-electron chi connectivity index (χ2n) is 5.87. The predicted octanol–water partition coefficient (Wildman–Crippen LogP) is 3.37. The number of hydrogen-bond donors (Lipinski definition) is 0. The van der Waals surface area contributed by atoms with Crippen LogP contribution < -0.4 is 9.80 Å². The molecule has 0 aliphatic carbocycles. The highest BCUT2D eigenvalue weighted by molar-refractivity contribution is 7.15. The first-order chi connectivity index (χ1) is 11.3. The van der Waals surface area contributed by atoms with Crippen molar-refractivity contribution >= 4 is 22.3 Å². The van der Waals surface area contributed by atoms with Gasteiger partial charge in [0.15, 0.2) is 5.13 Å². The average Bonchev–Trinajstić information content (AvgIpc) is 3.00. The first kappa shape index (κ1) is 16.9. The molecule has 9 heteroatoms. The van der Waals surface area contributed by atoms with Crippen LogP contribution in [-0.4, -0.2) is 41.1 Å². The Hall–Kier alpha value is -1.90. The summed E-state index contributed by atoms with van der Waals surface area (Å²) < 4.78 is 38.5. The van der Waals surface area contributed by atoms with E-state index in [4.69, 9.17) is 0 Å². The molecule has 1 aliphatic rings. The fourth-order valence-electron chi connectivity index (χ4n) is 2.82. The molecule has 0 N–H and O–H groups in total. The van der Waals surface area contributed by atoms with Crippen molar-refractivity contribution in [1.29, 1.82) is 0 Å². The van der Waals surface area contributed by atoms with Crippen LogP contribution in [0.2, 0.25) is 0 Å². The summed E-state index contributed by atoms with van der Waals surface area (Å²) in [6, 6.07) is 1.09. The highest BCUT2D eigenvalue weighted by Crippen LogP contribution is 2.31. The molecular weight excluding hydrogens is 339 g/mol. The number of rotatable bonds is 3. The van der Waals surface area contributed by atoms with Gasteiger partial charge in [-0.05, 0) is 19.8 Å². The summed E-state index contributed by atoms with van der Waals surface area (Å²) in [5, 5.41) is 0.962. The van der Waals surface area contributed by atoms with E-state index in [0.29, 0.717) is 5.82 Å². The van der Waals surface area contributed by atoms with E-state index < -0.39 is 11.9 Å². The molecule has 3 rings (SSSR count). The fraction of sp³-hybridized carbons (Fsp3) is 0.533. The van der Waals surface area contributed by atoms with E-state index in [0.717, 1.165) is 48.3 Å². The summed E-state index contributed by atoms with van der Waals surface area (Å²) >= 11 is 1.63. The van der Waals surface area contributed by atoms with Gasteiger partial charge in [0.25, 0.3) is 0 Å². The number of alkyl halides is 3. The number of hydrogen-bond acceptors (Lipinski definition) is 6. The smallest absolute Gasteiger partial charge is 0.355 e. The van der Waals surface area contributed by atoms with E-state index >= 15 is 0 Å². The van der Waals surface area contributed by atoms with E-state index in [1.54, 1.807) is 18.4 Å². The maximum Gasteiger partial charge on any atom is 0.433 e. The van der Waals surface area contributed by atoms with Crippen molar-refractivity contribution in [3.8, 4) is 0 Å². The zero-order valence-corrected chi connectivity index (χ0v) is 14.2. The van der Waals surface area contributed by atoms with Gasteiger partial charge < -0.3 is 9.80 Å². The van der Waals surface area contributed by atoms with Crippen LogP contribution in [0.4, 0.5) is 24.1 Å². The second-order valence-corrected chi connectivity index (χ2v) is 7.08. The lowest BCUT2D eigenvalue weighted by Crippen LogP contribution is -2.47. The van der Waals surface area contributed by atoms with Gasteiger partial charge >= 0.3 is 6.18 Å². The molecular formula is C15H18F3N5S. The Morgan fingerprint density at radius 3 is 2.75 bits per heavy atom. The molecule has 0 saturated carbocycles. The van der Waals surface area contributed by atoms with Gasteiger partial charge in [0.2, 0.25) is 0 Å². The van der Waals surface area contributed by atoms with Crippen LogP contribution in [0, 0.1) is 6.92 Å². The Kier molecular flexibility index (Phi) is 4.62. The third-order valence-corrected chi connectivity index (χ3v) is 5.10. The second kappa shape index (κ2) is 6.54. The fourth-order valence-corrected chi connectivity index (χ4v) is 3.61. The number of thiazole rings is 1. The molecule has 2 aromatic rings. The third kappa shape index (κ3) is 3.61. The van der Waals surface area contributed by atoms with E-state index in [-0.39, 0.29) is 6.04 Å². The normalized spacial score (nSPS) is 18.7. The van der Waals surface area contributed by atoms with Crippen LogP contribution in [0.15, 0.2) is 18.6 Å². The molecule has 3 heterocycles. The number of aromatic nitrogens is 3. The highest BCUT2D eigenvalue weighted by atomic mass is 32.1. The van der Waals surface area contributed by atoms with Gasteiger partial charge in [-0.25, -0.2) is 15.0 Å². The van der Waals surface area contributed by atoms with E-state index in [1.807, 2.05) is 18.0 Å². The van der Waals surface area contributed by atoms with Crippen molar-refractivity contribution < 1.29 is 13.2 Å². The Bertz CT molecular complexity index is 702. The van der Waals surface area contributed by atoms with Gasteiger partial charge in [-0.15, -0.1) is 11.3 Å². The van der Waals surface area contributed by atoms with Gasteiger partial charge in [0, 0.05) is 43.3 Å². The summed E-state index contributed by atoms with van der Waals surface area (Å²) in [7, 11) is 1.78. The molecule has 1 atom stereocenters. The van der Waals surface area contributed by atoms with Crippen molar-refractivity contribution in [2.75, 3.05) is 29.9 Å². The van der Waals surface area contributed by atoms with Crippen LogP contribution in [0.25, 0.3) is 0 Å². The SMILES string of the molecule is Cc1cnc(N2CCCC(N(C)c3cc(C(F)(F)F)ncn3)C2)s1. The number of anilines is 2. The van der Waals surface area contributed by atoms with E-state index in [9.17, 15) is 13.2 Å². The maximum absolute atomic E-state index is 12.8. The Balaban J connectivity index is 1.76. The molecule has 1 saturated heterocycles. The van der Waals surface area contributed by atoms with E-state index in [1.165, 1.54) is 0 Å². The molecule has 0 radical (unpaired) electrons. The highest BCUT2D eigenvalue weighted by Gasteiger charge is 2.34. The number of likely N-dealkylation sites (N-methyl/N-ethyl adjacent to an activating group) is 1. The molecule has 0 bridgehead atoms. The molecule has 5 nitrogen and oxygen atoms in total. The van der Waals surface area contributed by atoms with Crippen molar-refractivity contribution in [3.63, 3.8) is 0 Å². The zero-order valence-electron chi connectivity index (χ0n) is 13.4. The van der Waals surface area contributed by atoms with Crippen LogP contribution in [0.1, 0.15) is 23.4 Å². The minimum atomic E-state index is -4.46. The lowest BCUT2D eigenvalue weighted by Gasteiger charge is -2.38. The molecule has 1 aliphatic heterocycles. The van der Waals surface area contributed by atoms with Crippen molar-refractivity contribution in [2.45, 2.75) is 32.0 Å². The summed E-state index contributed by atoms with van der Waals surface area (Å²) in [5.41, 5.74) is -0.914. The first-order valence-electron chi connectivity index (χ1n) is 7.64. The molecule has 0 amide bonds. The quantitative estimate of drug-likeness (QED) is 0.843. The van der Waals surface area contributed by atoms with Crippen LogP contribution in [0.3, 0.4) is 0 Å². The summed E-state index contributed by atoms with van der Waals surface area (Å²) in [6.07, 6.45) is 0.218. The Morgan fingerprint density at radius 1 is 1.29 bits per heavy atom. The Morgan fingerprint density at radius 2 is 2.08 bits per heavy atom. The lowest BCUT2D eigenvalue weighted by atomic mass is 10.0. The van der Waals surface area contributed by atoms with Gasteiger partial charge in [-0.1, -0.05) is 0 Å². The van der Waals surface area contributed by atoms with Gasteiger partial charge in [-0.2, -0.15) is 13.2 Å². The lowest BCUT2D eigenvalue weighted by molar-refractivity contribution is -0.141. The van der Waals surface area contributed by atoms with Crippen molar-refractivity contribution in [1.82, 2.24) is 15.0 Å². The number of aryl methyl sites for hydroxylation is 1. The van der Waals surface area contributed by atoms with Crippen LogP contribution >= 0.6 is 11.3 Å². The summed E-state index contributed by atoms with van der Waals surface area (Å²) in [6.45, 7) is 3.64. The molecule has 0 aromatic carbocycles. The molecule has 0 spiro atoms. The third-order valence-electron chi connectivity index (χ3n) is 4.13. The van der Waals surface area contributed by atoms with Crippen LogP contribution in [0.5, 0.6) is 0 Å². The topological polar surface area (TPSA) is 45.2 Å². The van der Waals surface area contributed by atoms with Gasteiger partial charge in [-0.3, -0.25) is 0 Å². The minimum absolute atomic E-state index is 0.0824. The van der Waals surface area contributed by atoms with Crippen molar-refractivity contribution in [2.24, 2.45) is 0 Å². The Labute approximate surface area is 142 Å². The van der Waals surface area contributed by atoms with Crippen LogP contribution in [-0.2, 0) is 6.18 Å². The number of halogens is 3. The maximum atomic E-state index is 12.8. The van der Waals surface area contributed by atoms with Gasteiger partial charge in [0.1, 0.15) is 17.8 Å². The molecule has 1 unspecified atom stereocenters. The number of nitrogens with zero attached hydrogens (tertiary/aromatic N) is 5. The molecule has 130 valence electrons. The van der Waals surface area contributed by atoms with E-state index in [2.05, 4.69) is 19.9 Å². The molecule has 24 heavy (non-hydrogen) atoms. The average molecular weight is 357 g/mol. The zero-order chi connectivity index (χ0) is 17.3. The molecule has 2 aromatic heterocycles. The minimum Gasteiger partial charge on any atom is -0.355 e. The summed E-state index contributed by atoms with van der Waals surface area (Å²) in [4.78, 5) is 16.9. The number of piperidine rings is 1. The summed E-state index contributed by atoms with van der Waals surface area (Å²) in [5.74, 6) is 0.291. The molecule has 1 fully saturated rings. The predicted molar refractivity (Wildman–Crippen MR) is 87.5 cm³/mol. The van der Waals surface area contributed by atoms with Crippen molar-refractivity contribution in [3.05, 3.63) is 29.2 Å². The standard InChI is InChI=1S/C15H18F3N5S/c1-10-7-19-14(24-10)23-5-3-4-11(8-23)22(2)13-6-12(15(16,17)18)20-9-21-13/h6-7,9,11H,3-5,8H2,1-2H3.